The number of nitrogens with one attached hydrogen (secondary N) is 1. The lowest BCUT2D eigenvalue weighted by Crippen LogP contribution is -2.43. The summed E-state index contributed by atoms with van der Waals surface area (Å²) in [5, 5.41) is 3.33. The highest BCUT2D eigenvalue weighted by atomic mass is 19.1. The predicted molar refractivity (Wildman–Crippen MR) is 93.5 cm³/mol. The maximum atomic E-state index is 13.4. The van der Waals surface area contributed by atoms with Crippen LogP contribution in [-0.2, 0) is 0 Å². The minimum Gasteiger partial charge on any atom is -0.493 e. The van der Waals surface area contributed by atoms with Gasteiger partial charge in [-0.3, -0.25) is 0 Å². The van der Waals surface area contributed by atoms with Gasteiger partial charge in [-0.1, -0.05) is 0 Å². The first-order chi connectivity index (χ1) is 12.2. The van der Waals surface area contributed by atoms with Crippen molar-refractivity contribution in [3.8, 4) is 11.5 Å². The van der Waals surface area contributed by atoms with E-state index in [2.05, 4.69) is 22.3 Å². The molecule has 3 rings (SSSR count). The fraction of sp³-hybridized carbons (Fsp3) is 0.368. The highest BCUT2D eigenvalue weighted by Crippen LogP contribution is 2.20. The summed E-state index contributed by atoms with van der Waals surface area (Å²) in [4.78, 5) is 2.34. The Morgan fingerprint density at radius 2 is 1.64 bits per heavy atom. The molecule has 0 amide bonds. The van der Waals surface area contributed by atoms with Gasteiger partial charge in [0, 0.05) is 44.4 Å². The van der Waals surface area contributed by atoms with E-state index >= 15 is 0 Å². The van der Waals surface area contributed by atoms with Crippen molar-refractivity contribution in [3.63, 3.8) is 0 Å². The minimum absolute atomic E-state index is 0.0572. The zero-order chi connectivity index (χ0) is 17.5. The molecule has 1 N–H and O–H groups in total. The average molecular weight is 348 g/mol. The Bertz CT molecular complexity index is 674. The van der Waals surface area contributed by atoms with Crippen molar-refractivity contribution >= 4 is 5.69 Å². The maximum Gasteiger partial charge on any atom is 0.167 e. The molecule has 0 aromatic heterocycles. The van der Waals surface area contributed by atoms with E-state index in [4.69, 9.17) is 9.47 Å². The lowest BCUT2D eigenvalue weighted by molar-refractivity contribution is 0.241. The van der Waals surface area contributed by atoms with E-state index in [0.717, 1.165) is 38.0 Å². The molecule has 2 aromatic carbocycles. The Morgan fingerprint density at radius 1 is 0.920 bits per heavy atom. The third kappa shape index (κ3) is 5.06. The van der Waals surface area contributed by atoms with Crippen molar-refractivity contribution < 1.29 is 18.3 Å². The Morgan fingerprint density at radius 3 is 2.36 bits per heavy atom. The fourth-order valence-electron chi connectivity index (χ4n) is 2.70. The van der Waals surface area contributed by atoms with Gasteiger partial charge in [0.25, 0.3) is 0 Å². The molecule has 0 saturated carbocycles. The lowest BCUT2D eigenvalue weighted by atomic mass is 10.2. The van der Waals surface area contributed by atoms with Crippen LogP contribution >= 0.6 is 0 Å². The average Bonchev–Trinajstić information content (AvgIpc) is 2.64. The number of ether oxygens (including phenoxy) is 2. The summed E-state index contributed by atoms with van der Waals surface area (Å²) in [6.07, 6.45) is 0.608. The number of anilines is 1. The summed E-state index contributed by atoms with van der Waals surface area (Å²) in [6.45, 7) is 4.81. The summed E-state index contributed by atoms with van der Waals surface area (Å²) in [5.41, 5.74) is 1.20. The normalized spacial score (nSPS) is 14.4. The maximum absolute atomic E-state index is 13.4. The van der Waals surface area contributed by atoms with Crippen LogP contribution in [0.4, 0.5) is 14.5 Å². The SMILES string of the molecule is Fc1ccc(OCCCOc2ccc(N3CCNCC3)cc2)c(F)c1. The molecule has 0 bridgehead atoms. The van der Waals surface area contributed by atoms with Crippen molar-refractivity contribution in [2.24, 2.45) is 0 Å². The van der Waals surface area contributed by atoms with E-state index in [1.54, 1.807) is 0 Å². The van der Waals surface area contributed by atoms with Gasteiger partial charge in [-0.05, 0) is 36.4 Å². The summed E-state index contributed by atoms with van der Waals surface area (Å²) in [6, 6.07) is 11.3. The van der Waals surface area contributed by atoms with Gasteiger partial charge in [-0.25, -0.2) is 8.78 Å². The Kier molecular flexibility index (Phi) is 6.06. The summed E-state index contributed by atoms with van der Waals surface area (Å²) in [5.74, 6) is -0.449. The van der Waals surface area contributed by atoms with Crippen LogP contribution in [0.3, 0.4) is 0 Å². The molecule has 1 fully saturated rings. The number of rotatable bonds is 7. The second-order valence-corrected chi connectivity index (χ2v) is 5.86. The fourth-order valence-corrected chi connectivity index (χ4v) is 2.70. The molecule has 4 nitrogen and oxygen atoms in total. The van der Waals surface area contributed by atoms with Gasteiger partial charge in [0.2, 0.25) is 0 Å². The molecule has 25 heavy (non-hydrogen) atoms. The highest BCUT2D eigenvalue weighted by molar-refractivity contribution is 5.49. The molecule has 1 aliphatic heterocycles. The molecule has 134 valence electrons. The summed E-state index contributed by atoms with van der Waals surface area (Å²) < 4.78 is 37.2. The van der Waals surface area contributed by atoms with Crippen molar-refractivity contribution in [2.45, 2.75) is 6.42 Å². The first-order valence-electron chi connectivity index (χ1n) is 8.49. The van der Waals surface area contributed by atoms with Crippen molar-refractivity contribution in [2.75, 3.05) is 44.3 Å². The molecule has 0 atom stereocenters. The van der Waals surface area contributed by atoms with Crippen LogP contribution in [0.15, 0.2) is 42.5 Å². The largest absolute Gasteiger partial charge is 0.493 e. The Balaban J connectivity index is 1.38. The van der Waals surface area contributed by atoms with Crippen LogP contribution in [-0.4, -0.2) is 39.4 Å². The predicted octanol–water partition coefficient (Wildman–Crippen LogP) is 3.22. The van der Waals surface area contributed by atoms with Crippen molar-refractivity contribution in [1.29, 1.82) is 0 Å². The van der Waals surface area contributed by atoms with Crippen LogP contribution in [0.2, 0.25) is 0 Å². The molecular formula is C19H22F2N2O2. The Labute approximate surface area is 146 Å². The van der Waals surface area contributed by atoms with Crippen LogP contribution in [0.25, 0.3) is 0 Å². The van der Waals surface area contributed by atoms with Crippen LogP contribution in [0.5, 0.6) is 11.5 Å². The second kappa shape index (κ2) is 8.67. The molecule has 2 aromatic rings. The molecular weight excluding hydrogens is 326 g/mol. The molecule has 0 spiro atoms. The van der Waals surface area contributed by atoms with E-state index < -0.39 is 11.6 Å². The molecule has 0 unspecified atom stereocenters. The van der Waals surface area contributed by atoms with Gasteiger partial charge in [0.05, 0.1) is 13.2 Å². The zero-order valence-electron chi connectivity index (χ0n) is 14.0. The third-order valence-corrected chi connectivity index (χ3v) is 4.03. The molecule has 1 saturated heterocycles. The number of halogens is 2. The van der Waals surface area contributed by atoms with Gasteiger partial charge >= 0.3 is 0 Å². The zero-order valence-corrected chi connectivity index (χ0v) is 14.0. The molecule has 0 aliphatic carbocycles. The Hall–Kier alpha value is -2.34. The first-order valence-corrected chi connectivity index (χ1v) is 8.49. The monoisotopic (exact) mass is 348 g/mol. The van der Waals surface area contributed by atoms with Crippen LogP contribution in [0.1, 0.15) is 6.42 Å². The van der Waals surface area contributed by atoms with Crippen LogP contribution in [0, 0.1) is 11.6 Å². The van der Waals surface area contributed by atoms with Crippen LogP contribution < -0.4 is 19.7 Å². The highest BCUT2D eigenvalue weighted by Gasteiger charge is 2.10. The molecule has 1 heterocycles. The molecule has 1 aliphatic rings. The van der Waals surface area contributed by atoms with E-state index in [9.17, 15) is 8.78 Å². The topological polar surface area (TPSA) is 33.7 Å². The van der Waals surface area contributed by atoms with Crippen molar-refractivity contribution in [3.05, 3.63) is 54.1 Å². The van der Waals surface area contributed by atoms with Gasteiger partial charge in [-0.2, -0.15) is 0 Å². The number of benzene rings is 2. The smallest absolute Gasteiger partial charge is 0.167 e. The van der Waals surface area contributed by atoms with Gasteiger partial charge in [0.15, 0.2) is 11.6 Å². The molecule has 0 radical (unpaired) electrons. The van der Waals surface area contributed by atoms with Gasteiger partial charge < -0.3 is 19.7 Å². The number of nitrogens with zero attached hydrogens (tertiary/aromatic N) is 1. The van der Waals surface area contributed by atoms with E-state index in [1.807, 2.05) is 12.1 Å². The number of hydrogen-bond donors (Lipinski definition) is 1. The standard InChI is InChI=1S/C19H22F2N2O2/c20-15-2-7-19(18(21)14-15)25-13-1-12-24-17-5-3-16(4-6-17)23-10-8-22-9-11-23/h2-7,14,22H,1,8-13H2. The first kappa shape index (κ1) is 17.5. The lowest BCUT2D eigenvalue weighted by Gasteiger charge is -2.29. The van der Waals surface area contributed by atoms with E-state index in [-0.39, 0.29) is 5.75 Å². The van der Waals surface area contributed by atoms with E-state index in [1.165, 1.54) is 17.8 Å². The second-order valence-electron chi connectivity index (χ2n) is 5.86. The summed E-state index contributed by atoms with van der Waals surface area (Å²) >= 11 is 0. The minimum atomic E-state index is -0.690. The van der Waals surface area contributed by atoms with Crippen molar-refractivity contribution in [1.82, 2.24) is 5.32 Å². The number of hydrogen-bond acceptors (Lipinski definition) is 4. The number of piperazine rings is 1. The van der Waals surface area contributed by atoms with Gasteiger partial charge in [0.1, 0.15) is 11.6 Å². The quantitative estimate of drug-likeness (QED) is 0.779. The van der Waals surface area contributed by atoms with E-state index in [0.29, 0.717) is 19.6 Å². The summed E-state index contributed by atoms with van der Waals surface area (Å²) in [7, 11) is 0. The molecule has 6 heteroatoms. The van der Waals surface area contributed by atoms with Gasteiger partial charge in [-0.15, -0.1) is 0 Å². The third-order valence-electron chi connectivity index (χ3n) is 4.03.